The lowest BCUT2D eigenvalue weighted by Crippen LogP contribution is -2.47. The van der Waals surface area contributed by atoms with E-state index in [1.807, 2.05) is 0 Å². The molecular formula is C12H21NO2. The zero-order valence-corrected chi connectivity index (χ0v) is 9.48. The average Bonchev–Trinajstić information content (AvgIpc) is 3.00. The van der Waals surface area contributed by atoms with Crippen LogP contribution in [0.2, 0.25) is 0 Å². The Morgan fingerprint density at radius 3 is 2.67 bits per heavy atom. The molecule has 0 aromatic heterocycles. The van der Waals surface area contributed by atoms with Crippen LogP contribution in [0.3, 0.4) is 0 Å². The quantitative estimate of drug-likeness (QED) is 0.773. The van der Waals surface area contributed by atoms with Crippen molar-refractivity contribution in [2.45, 2.75) is 45.1 Å². The monoisotopic (exact) mass is 211 g/mol. The van der Waals surface area contributed by atoms with Gasteiger partial charge in [-0.25, -0.2) is 0 Å². The van der Waals surface area contributed by atoms with Crippen LogP contribution in [0.1, 0.15) is 39.0 Å². The number of aliphatic carboxylic acids is 1. The first-order chi connectivity index (χ1) is 7.22. The molecule has 3 heteroatoms. The maximum absolute atomic E-state index is 10.8. The van der Waals surface area contributed by atoms with Gasteiger partial charge in [0.25, 0.3) is 0 Å². The Morgan fingerprint density at radius 2 is 2.13 bits per heavy atom. The highest BCUT2D eigenvalue weighted by atomic mass is 16.4. The Balaban J connectivity index is 2.02. The highest BCUT2D eigenvalue weighted by Crippen LogP contribution is 2.42. The van der Waals surface area contributed by atoms with Gasteiger partial charge in [0, 0.05) is 12.5 Å². The number of rotatable bonds is 4. The summed E-state index contributed by atoms with van der Waals surface area (Å²) in [7, 11) is 0. The summed E-state index contributed by atoms with van der Waals surface area (Å²) in [6.45, 7) is 4.45. The van der Waals surface area contributed by atoms with E-state index in [-0.39, 0.29) is 0 Å². The fraction of sp³-hybridized carbons (Fsp3) is 0.917. The summed E-state index contributed by atoms with van der Waals surface area (Å²) in [4.78, 5) is 13.3. The van der Waals surface area contributed by atoms with Crippen LogP contribution in [-0.2, 0) is 4.79 Å². The van der Waals surface area contributed by atoms with Crippen LogP contribution in [0, 0.1) is 11.8 Å². The minimum Gasteiger partial charge on any atom is -0.481 e. The summed E-state index contributed by atoms with van der Waals surface area (Å²) < 4.78 is 0. The van der Waals surface area contributed by atoms with Crippen molar-refractivity contribution in [3.05, 3.63) is 0 Å². The van der Waals surface area contributed by atoms with Gasteiger partial charge in [0.05, 0.1) is 0 Å². The summed E-state index contributed by atoms with van der Waals surface area (Å²) >= 11 is 0. The molecule has 1 aliphatic carbocycles. The lowest BCUT2D eigenvalue weighted by Gasteiger charge is -2.40. The molecule has 86 valence electrons. The molecule has 2 rings (SSSR count). The Bertz CT molecular complexity index is 238. The number of piperidine rings is 1. The zero-order chi connectivity index (χ0) is 10.8. The summed E-state index contributed by atoms with van der Waals surface area (Å²) in [6, 6.07) is 0.569. The van der Waals surface area contributed by atoms with E-state index in [0.717, 1.165) is 18.9 Å². The third-order valence-corrected chi connectivity index (χ3v) is 3.87. The Morgan fingerprint density at radius 1 is 1.40 bits per heavy atom. The number of carboxylic acids is 1. The van der Waals surface area contributed by atoms with E-state index in [1.165, 1.54) is 25.8 Å². The fourth-order valence-electron chi connectivity index (χ4n) is 3.11. The molecule has 0 aromatic carbocycles. The van der Waals surface area contributed by atoms with Gasteiger partial charge in [0.1, 0.15) is 0 Å². The van der Waals surface area contributed by atoms with Gasteiger partial charge in [-0.05, 0) is 50.6 Å². The molecule has 1 saturated heterocycles. The maximum atomic E-state index is 10.8. The molecule has 1 heterocycles. The molecule has 1 N–H and O–H groups in total. The van der Waals surface area contributed by atoms with Crippen LogP contribution in [0.5, 0.6) is 0 Å². The smallest absolute Gasteiger partial charge is 0.303 e. The van der Waals surface area contributed by atoms with Crippen molar-refractivity contribution >= 4 is 5.97 Å². The van der Waals surface area contributed by atoms with Crippen LogP contribution < -0.4 is 0 Å². The van der Waals surface area contributed by atoms with Crippen LogP contribution in [0.4, 0.5) is 0 Å². The summed E-state index contributed by atoms with van der Waals surface area (Å²) in [5.74, 6) is 0.585. The van der Waals surface area contributed by atoms with Gasteiger partial charge in [-0.2, -0.15) is 0 Å². The number of carbonyl (C=O) groups is 1. The highest BCUT2D eigenvalue weighted by molar-refractivity contribution is 5.67. The second-order valence-electron chi connectivity index (χ2n) is 4.96. The van der Waals surface area contributed by atoms with Crippen LogP contribution in [0.15, 0.2) is 0 Å². The minimum absolute atomic E-state index is 0.373. The van der Waals surface area contributed by atoms with Crippen molar-refractivity contribution < 1.29 is 9.90 Å². The van der Waals surface area contributed by atoms with Gasteiger partial charge in [0.15, 0.2) is 0 Å². The van der Waals surface area contributed by atoms with E-state index in [2.05, 4.69) is 11.8 Å². The molecular weight excluding hydrogens is 190 g/mol. The molecule has 0 aromatic rings. The first kappa shape index (κ1) is 10.9. The van der Waals surface area contributed by atoms with Crippen molar-refractivity contribution in [2.24, 2.45) is 11.8 Å². The Kier molecular flexibility index (Phi) is 3.29. The fourth-order valence-corrected chi connectivity index (χ4v) is 3.11. The number of hydrogen-bond donors (Lipinski definition) is 1. The van der Waals surface area contributed by atoms with Crippen molar-refractivity contribution in [3.63, 3.8) is 0 Å². The first-order valence-corrected chi connectivity index (χ1v) is 6.18. The summed E-state index contributed by atoms with van der Waals surface area (Å²) in [5, 5.41) is 8.93. The van der Waals surface area contributed by atoms with Crippen LogP contribution in [-0.4, -0.2) is 35.1 Å². The lowest BCUT2D eigenvalue weighted by atomic mass is 9.84. The molecule has 1 saturated carbocycles. The van der Waals surface area contributed by atoms with Gasteiger partial charge in [-0.15, -0.1) is 0 Å². The molecule has 2 aliphatic rings. The molecule has 0 amide bonds. The largest absolute Gasteiger partial charge is 0.481 e. The Hall–Kier alpha value is -0.570. The molecule has 2 fully saturated rings. The number of nitrogens with zero attached hydrogens (tertiary/aromatic N) is 1. The van der Waals surface area contributed by atoms with E-state index in [9.17, 15) is 4.79 Å². The molecule has 0 unspecified atom stereocenters. The Labute approximate surface area is 91.5 Å². The second-order valence-corrected chi connectivity index (χ2v) is 4.96. The predicted octanol–water partition coefficient (Wildman–Crippen LogP) is 1.97. The molecule has 3 nitrogen and oxygen atoms in total. The molecule has 2 atom stereocenters. The van der Waals surface area contributed by atoms with Gasteiger partial charge in [-0.1, -0.05) is 6.92 Å². The lowest BCUT2D eigenvalue weighted by molar-refractivity contribution is -0.139. The van der Waals surface area contributed by atoms with Crippen LogP contribution >= 0.6 is 0 Å². The molecule has 0 bridgehead atoms. The molecule has 15 heavy (non-hydrogen) atoms. The van der Waals surface area contributed by atoms with Gasteiger partial charge >= 0.3 is 5.97 Å². The van der Waals surface area contributed by atoms with Gasteiger partial charge < -0.3 is 10.0 Å². The van der Waals surface area contributed by atoms with E-state index in [0.29, 0.717) is 18.4 Å². The second kappa shape index (κ2) is 4.52. The maximum Gasteiger partial charge on any atom is 0.303 e. The SMILES string of the molecule is CCN1CCC[C@H](CC(=O)O)[C@H]1C1CC1. The summed E-state index contributed by atoms with van der Waals surface area (Å²) in [6.07, 6.45) is 5.30. The van der Waals surface area contributed by atoms with Crippen molar-refractivity contribution in [3.8, 4) is 0 Å². The highest BCUT2D eigenvalue weighted by Gasteiger charge is 2.41. The zero-order valence-electron chi connectivity index (χ0n) is 9.48. The first-order valence-electron chi connectivity index (χ1n) is 6.18. The number of carboxylic acid groups (broad SMARTS) is 1. The number of likely N-dealkylation sites (tertiary alicyclic amines) is 1. The average molecular weight is 211 g/mol. The third kappa shape index (κ3) is 2.51. The van der Waals surface area contributed by atoms with Crippen molar-refractivity contribution in [1.29, 1.82) is 0 Å². The van der Waals surface area contributed by atoms with E-state index in [4.69, 9.17) is 5.11 Å². The van der Waals surface area contributed by atoms with Gasteiger partial charge in [-0.3, -0.25) is 4.79 Å². The standard InChI is InChI=1S/C12H21NO2/c1-2-13-7-3-4-10(8-11(14)15)12(13)9-5-6-9/h9-10,12H,2-8H2,1H3,(H,14,15)/t10-,12-/m1/s1. The predicted molar refractivity (Wildman–Crippen MR) is 58.7 cm³/mol. The normalized spacial score (nSPS) is 32.9. The third-order valence-electron chi connectivity index (χ3n) is 3.87. The van der Waals surface area contributed by atoms with Crippen molar-refractivity contribution in [2.75, 3.05) is 13.1 Å². The number of hydrogen-bond acceptors (Lipinski definition) is 2. The minimum atomic E-state index is -0.622. The topological polar surface area (TPSA) is 40.5 Å². The molecule has 0 spiro atoms. The van der Waals surface area contributed by atoms with Crippen LogP contribution in [0.25, 0.3) is 0 Å². The summed E-state index contributed by atoms with van der Waals surface area (Å²) in [5.41, 5.74) is 0. The molecule has 1 aliphatic heterocycles. The van der Waals surface area contributed by atoms with Gasteiger partial charge in [0.2, 0.25) is 0 Å². The molecule has 0 radical (unpaired) electrons. The van der Waals surface area contributed by atoms with E-state index in [1.54, 1.807) is 0 Å². The van der Waals surface area contributed by atoms with E-state index < -0.39 is 5.97 Å². The van der Waals surface area contributed by atoms with Crippen molar-refractivity contribution in [1.82, 2.24) is 4.90 Å². The van der Waals surface area contributed by atoms with E-state index >= 15 is 0 Å².